The minimum absolute atomic E-state index is 0.172. The summed E-state index contributed by atoms with van der Waals surface area (Å²) in [6.07, 6.45) is -3.18. The number of nitrogens with zero attached hydrogens (tertiary/aromatic N) is 2. The number of carbonyl (C=O) groups excluding carboxylic acids is 2. The van der Waals surface area contributed by atoms with E-state index in [0.29, 0.717) is 18.5 Å². The number of nitrogens with one attached hydrogen (secondary N) is 1. The van der Waals surface area contributed by atoms with Crippen LogP contribution in [0.25, 0.3) is 10.9 Å². The number of anilines is 1. The van der Waals surface area contributed by atoms with E-state index in [1.165, 1.54) is 4.90 Å². The fourth-order valence-electron chi connectivity index (χ4n) is 3.01. The first-order chi connectivity index (χ1) is 12.8. The molecule has 2 heterocycles. The lowest BCUT2D eigenvalue weighted by Crippen LogP contribution is -2.42. The second kappa shape index (κ2) is 7.81. The number of fused-ring (bicyclic) bond motifs is 1. The van der Waals surface area contributed by atoms with Crippen LogP contribution in [0.4, 0.5) is 23.7 Å². The summed E-state index contributed by atoms with van der Waals surface area (Å²) in [6, 6.07) is 9.06. The van der Waals surface area contributed by atoms with Crippen molar-refractivity contribution in [3.8, 4) is 0 Å². The number of carbonyl (C=O) groups is 2. The Bertz CT molecular complexity index is 828. The largest absolute Gasteiger partial charge is 0.440 e. The first-order valence-electron chi connectivity index (χ1n) is 8.46. The summed E-state index contributed by atoms with van der Waals surface area (Å²) in [4.78, 5) is 29.6. The van der Waals surface area contributed by atoms with Crippen LogP contribution in [0.2, 0.25) is 0 Å². The number of alkyl halides is 3. The number of amides is 2. The molecule has 6 nitrogen and oxygen atoms in total. The summed E-state index contributed by atoms with van der Waals surface area (Å²) in [5.74, 6) is -0.516. The lowest BCUT2D eigenvalue weighted by Gasteiger charge is -2.30. The van der Waals surface area contributed by atoms with Gasteiger partial charge in [-0.1, -0.05) is 6.07 Å². The third kappa shape index (κ3) is 4.87. The van der Waals surface area contributed by atoms with Gasteiger partial charge in [0.1, 0.15) is 0 Å². The van der Waals surface area contributed by atoms with E-state index in [1.54, 1.807) is 24.4 Å². The molecule has 0 atom stereocenters. The molecule has 1 aromatic carbocycles. The van der Waals surface area contributed by atoms with Gasteiger partial charge in [-0.2, -0.15) is 13.2 Å². The van der Waals surface area contributed by atoms with Gasteiger partial charge in [-0.05, 0) is 37.1 Å². The van der Waals surface area contributed by atoms with Crippen molar-refractivity contribution in [3.05, 3.63) is 36.5 Å². The summed E-state index contributed by atoms with van der Waals surface area (Å²) in [5.41, 5.74) is 1.41. The number of halogens is 3. The molecule has 144 valence electrons. The van der Waals surface area contributed by atoms with Crippen LogP contribution in [0.5, 0.6) is 0 Å². The molecule has 27 heavy (non-hydrogen) atoms. The van der Waals surface area contributed by atoms with Crippen molar-refractivity contribution >= 4 is 28.6 Å². The summed E-state index contributed by atoms with van der Waals surface area (Å²) < 4.78 is 40.6. The van der Waals surface area contributed by atoms with Crippen molar-refractivity contribution in [1.29, 1.82) is 0 Å². The highest BCUT2D eigenvalue weighted by molar-refractivity contribution is 6.01. The van der Waals surface area contributed by atoms with Crippen LogP contribution in [-0.4, -0.2) is 47.8 Å². The molecule has 1 aliphatic heterocycles. The van der Waals surface area contributed by atoms with E-state index in [9.17, 15) is 22.8 Å². The van der Waals surface area contributed by atoms with Gasteiger partial charge < -0.3 is 15.0 Å². The van der Waals surface area contributed by atoms with Crippen LogP contribution in [0.15, 0.2) is 36.5 Å². The highest BCUT2D eigenvalue weighted by Crippen LogP contribution is 2.25. The number of hydrogen-bond acceptors (Lipinski definition) is 4. The smallest absolute Gasteiger partial charge is 0.422 e. The van der Waals surface area contributed by atoms with E-state index in [0.717, 1.165) is 10.9 Å². The quantitative estimate of drug-likeness (QED) is 0.882. The predicted octanol–water partition coefficient (Wildman–Crippen LogP) is 3.58. The maximum absolute atomic E-state index is 12.5. The second-order valence-electron chi connectivity index (χ2n) is 6.30. The number of hydrogen-bond donors (Lipinski definition) is 1. The van der Waals surface area contributed by atoms with Crippen LogP contribution < -0.4 is 5.32 Å². The first kappa shape index (κ1) is 18.9. The molecule has 0 bridgehead atoms. The van der Waals surface area contributed by atoms with Crippen molar-refractivity contribution in [2.24, 2.45) is 5.92 Å². The number of benzene rings is 1. The summed E-state index contributed by atoms with van der Waals surface area (Å²) in [5, 5.41) is 3.70. The molecule has 2 aromatic rings. The number of pyridine rings is 1. The van der Waals surface area contributed by atoms with Crippen molar-refractivity contribution in [3.63, 3.8) is 0 Å². The lowest BCUT2D eigenvalue weighted by molar-refractivity contribution is -0.162. The Labute approximate surface area is 153 Å². The van der Waals surface area contributed by atoms with E-state index >= 15 is 0 Å². The lowest BCUT2D eigenvalue weighted by atomic mass is 9.96. The Morgan fingerprint density at radius 3 is 2.63 bits per heavy atom. The molecule has 2 amide bonds. The molecule has 1 aromatic heterocycles. The number of likely N-dealkylation sites (tertiary alicyclic amines) is 1. The van der Waals surface area contributed by atoms with Gasteiger partial charge in [0.05, 0.1) is 11.2 Å². The zero-order valence-corrected chi connectivity index (χ0v) is 14.3. The molecule has 0 radical (unpaired) electrons. The summed E-state index contributed by atoms with van der Waals surface area (Å²) in [6.45, 7) is -1.26. The average molecular weight is 381 g/mol. The van der Waals surface area contributed by atoms with E-state index in [4.69, 9.17) is 0 Å². The molecule has 1 fully saturated rings. The molecule has 1 aliphatic rings. The van der Waals surface area contributed by atoms with Crippen LogP contribution in [0.1, 0.15) is 12.8 Å². The third-order valence-corrected chi connectivity index (χ3v) is 4.39. The third-order valence-electron chi connectivity index (χ3n) is 4.39. The zero-order chi connectivity index (χ0) is 19.4. The van der Waals surface area contributed by atoms with Gasteiger partial charge in [0.15, 0.2) is 6.61 Å². The van der Waals surface area contributed by atoms with E-state index in [-0.39, 0.29) is 24.9 Å². The zero-order valence-electron chi connectivity index (χ0n) is 14.3. The Kier molecular flexibility index (Phi) is 5.48. The number of piperidine rings is 1. The Morgan fingerprint density at radius 2 is 1.93 bits per heavy atom. The molecule has 1 N–H and O–H groups in total. The first-order valence-corrected chi connectivity index (χ1v) is 8.46. The van der Waals surface area contributed by atoms with Crippen molar-refractivity contribution in [2.45, 2.75) is 19.0 Å². The van der Waals surface area contributed by atoms with Gasteiger partial charge in [0.25, 0.3) is 0 Å². The maximum atomic E-state index is 12.5. The SMILES string of the molecule is O=C(Nc1cccc2ncccc12)C1CCN(C(=O)OCC(F)(F)F)CC1. The van der Waals surface area contributed by atoms with Gasteiger partial charge >= 0.3 is 12.3 Å². The van der Waals surface area contributed by atoms with Crippen LogP contribution >= 0.6 is 0 Å². The van der Waals surface area contributed by atoms with Gasteiger partial charge in [0.2, 0.25) is 5.91 Å². The minimum atomic E-state index is -4.55. The Hall–Kier alpha value is -2.84. The van der Waals surface area contributed by atoms with Crippen LogP contribution in [-0.2, 0) is 9.53 Å². The molecule has 0 saturated carbocycles. The molecular weight excluding hydrogens is 363 g/mol. The summed E-state index contributed by atoms with van der Waals surface area (Å²) in [7, 11) is 0. The van der Waals surface area contributed by atoms with Crippen molar-refractivity contribution < 1.29 is 27.5 Å². The van der Waals surface area contributed by atoms with E-state index < -0.39 is 18.9 Å². The Balaban J connectivity index is 1.55. The van der Waals surface area contributed by atoms with Gasteiger partial charge in [-0.3, -0.25) is 9.78 Å². The highest BCUT2D eigenvalue weighted by Gasteiger charge is 2.33. The van der Waals surface area contributed by atoms with Gasteiger partial charge in [0, 0.05) is 30.6 Å². The van der Waals surface area contributed by atoms with Crippen LogP contribution in [0, 0.1) is 5.92 Å². The molecule has 0 unspecified atom stereocenters. The second-order valence-corrected chi connectivity index (χ2v) is 6.30. The fraction of sp³-hybridized carbons (Fsp3) is 0.389. The summed E-state index contributed by atoms with van der Waals surface area (Å²) >= 11 is 0. The highest BCUT2D eigenvalue weighted by atomic mass is 19.4. The number of ether oxygens (including phenoxy) is 1. The molecule has 1 saturated heterocycles. The van der Waals surface area contributed by atoms with E-state index in [2.05, 4.69) is 15.0 Å². The minimum Gasteiger partial charge on any atom is -0.440 e. The fourth-order valence-corrected chi connectivity index (χ4v) is 3.01. The molecule has 9 heteroatoms. The molecule has 3 rings (SSSR count). The van der Waals surface area contributed by atoms with Crippen LogP contribution in [0.3, 0.4) is 0 Å². The van der Waals surface area contributed by atoms with E-state index in [1.807, 2.05) is 12.1 Å². The monoisotopic (exact) mass is 381 g/mol. The standard InChI is InChI=1S/C18H18F3N3O3/c19-18(20,21)11-27-17(26)24-9-6-12(7-10-24)16(25)23-15-5-1-4-14-13(15)3-2-8-22-14/h1-5,8,12H,6-7,9-11H2,(H,23,25). The topological polar surface area (TPSA) is 71.5 Å². The average Bonchev–Trinajstić information content (AvgIpc) is 2.66. The molecule has 0 spiro atoms. The molecule has 0 aliphatic carbocycles. The normalized spacial score (nSPS) is 15.6. The predicted molar refractivity (Wildman–Crippen MR) is 92.1 cm³/mol. The van der Waals surface area contributed by atoms with Gasteiger partial charge in [-0.25, -0.2) is 4.79 Å². The number of rotatable bonds is 3. The van der Waals surface area contributed by atoms with Crippen molar-refractivity contribution in [2.75, 3.05) is 25.0 Å². The number of aromatic nitrogens is 1. The molecular formula is C18H18F3N3O3. The maximum Gasteiger partial charge on any atom is 0.422 e. The Morgan fingerprint density at radius 1 is 1.19 bits per heavy atom. The van der Waals surface area contributed by atoms with Gasteiger partial charge in [-0.15, -0.1) is 0 Å². The van der Waals surface area contributed by atoms with Crippen molar-refractivity contribution in [1.82, 2.24) is 9.88 Å².